The molecular weight excluding hydrogens is 190 g/mol. The Morgan fingerprint density at radius 1 is 1.20 bits per heavy atom. The summed E-state index contributed by atoms with van der Waals surface area (Å²) in [7, 11) is 0. The molecule has 2 aromatic carbocycles. The first-order valence-corrected chi connectivity index (χ1v) is 4.91. The molecule has 1 atom stereocenters. The first kappa shape index (κ1) is 8.41. The molecule has 0 fully saturated rings. The monoisotopic (exact) mass is 199 g/mol. The summed E-state index contributed by atoms with van der Waals surface area (Å²) < 4.78 is 0. The third-order valence-corrected chi connectivity index (χ3v) is 3.05. The van der Waals surface area contributed by atoms with Crippen LogP contribution in [-0.2, 0) is 6.42 Å². The van der Waals surface area contributed by atoms with E-state index in [4.69, 9.17) is 0 Å². The Kier molecular flexibility index (Phi) is 1.57. The molecule has 0 aliphatic heterocycles. The highest BCUT2D eigenvalue weighted by Crippen LogP contribution is 2.38. The summed E-state index contributed by atoms with van der Waals surface area (Å²) in [6, 6.07) is 11.2. The van der Waals surface area contributed by atoms with Crippen molar-refractivity contribution in [2.45, 2.75) is 12.5 Å². The van der Waals surface area contributed by atoms with Gasteiger partial charge in [0.1, 0.15) is 0 Å². The van der Waals surface area contributed by atoms with Gasteiger partial charge in [0.25, 0.3) is 0 Å². The Bertz CT molecular complexity index is 557. The van der Waals surface area contributed by atoms with Gasteiger partial charge in [-0.15, -0.1) is 0 Å². The van der Waals surface area contributed by atoms with Crippen LogP contribution in [-0.4, -0.2) is 4.92 Å². The predicted molar refractivity (Wildman–Crippen MR) is 57.4 cm³/mol. The van der Waals surface area contributed by atoms with Gasteiger partial charge in [-0.3, -0.25) is 10.1 Å². The topological polar surface area (TPSA) is 43.1 Å². The lowest BCUT2D eigenvalue weighted by molar-refractivity contribution is -0.527. The van der Waals surface area contributed by atoms with Crippen molar-refractivity contribution < 1.29 is 4.92 Å². The molecule has 0 radical (unpaired) electrons. The van der Waals surface area contributed by atoms with E-state index in [0.717, 1.165) is 21.9 Å². The summed E-state index contributed by atoms with van der Waals surface area (Å²) >= 11 is 0. The molecule has 0 aromatic heterocycles. The minimum atomic E-state index is -0.550. The number of hydrogen-bond donors (Lipinski definition) is 0. The fourth-order valence-corrected chi connectivity index (χ4v) is 2.40. The third-order valence-electron chi connectivity index (χ3n) is 3.05. The Morgan fingerprint density at radius 2 is 1.93 bits per heavy atom. The minimum absolute atomic E-state index is 0.186. The van der Waals surface area contributed by atoms with E-state index in [2.05, 4.69) is 0 Å². The summed E-state index contributed by atoms with van der Waals surface area (Å²) in [5.41, 5.74) is 1.97. The molecule has 3 heteroatoms. The second-order valence-corrected chi connectivity index (χ2v) is 3.87. The Labute approximate surface area is 86.5 Å². The van der Waals surface area contributed by atoms with Crippen molar-refractivity contribution in [1.82, 2.24) is 0 Å². The van der Waals surface area contributed by atoms with Gasteiger partial charge in [-0.2, -0.15) is 0 Å². The first-order chi connectivity index (χ1) is 7.27. The molecule has 0 unspecified atom stereocenters. The van der Waals surface area contributed by atoms with Gasteiger partial charge in [0.15, 0.2) is 0 Å². The van der Waals surface area contributed by atoms with Crippen molar-refractivity contribution in [3.05, 3.63) is 57.6 Å². The van der Waals surface area contributed by atoms with E-state index in [0.29, 0.717) is 6.42 Å². The summed E-state index contributed by atoms with van der Waals surface area (Å²) in [6.45, 7) is 0. The Hall–Kier alpha value is -1.90. The highest BCUT2D eigenvalue weighted by Gasteiger charge is 2.32. The van der Waals surface area contributed by atoms with Crippen LogP contribution >= 0.6 is 0 Å². The normalized spacial score (nSPS) is 18.3. The van der Waals surface area contributed by atoms with Crippen LogP contribution in [0.3, 0.4) is 0 Å². The molecule has 0 amide bonds. The van der Waals surface area contributed by atoms with Crippen molar-refractivity contribution in [1.29, 1.82) is 0 Å². The van der Waals surface area contributed by atoms with Crippen molar-refractivity contribution in [2.24, 2.45) is 0 Å². The maximum Gasteiger partial charge on any atom is 0.242 e. The second kappa shape index (κ2) is 2.79. The van der Waals surface area contributed by atoms with Crippen molar-refractivity contribution in [2.75, 3.05) is 0 Å². The van der Waals surface area contributed by atoms with E-state index >= 15 is 0 Å². The van der Waals surface area contributed by atoms with E-state index < -0.39 is 6.04 Å². The van der Waals surface area contributed by atoms with E-state index in [-0.39, 0.29) is 4.92 Å². The zero-order valence-electron chi connectivity index (χ0n) is 8.01. The second-order valence-electron chi connectivity index (χ2n) is 3.87. The minimum Gasteiger partial charge on any atom is -0.264 e. The van der Waals surface area contributed by atoms with E-state index in [1.165, 1.54) is 0 Å². The van der Waals surface area contributed by atoms with Crippen molar-refractivity contribution in [3.8, 4) is 0 Å². The maximum absolute atomic E-state index is 10.9. The Balaban J connectivity index is 2.36. The first-order valence-electron chi connectivity index (χ1n) is 4.91. The number of rotatable bonds is 1. The van der Waals surface area contributed by atoms with Gasteiger partial charge >= 0.3 is 0 Å². The molecule has 1 aliphatic rings. The quantitative estimate of drug-likeness (QED) is 0.523. The summed E-state index contributed by atoms with van der Waals surface area (Å²) in [4.78, 5) is 10.7. The van der Waals surface area contributed by atoms with Crippen LogP contribution < -0.4 is 0 Å². The van der Waals surface area contributed by atoms with Crippen LogP contribution in [0.15, 0.2) is 36.4 Å². The number of nitrogens with zero attached hydrogens (tertiary/aromatic N) is 1. The molecule has 2 aromatic rings. The molecule has 1 aliphatic carbocycles. The molecule has 3 rings (SSSR count). The molecule has 0 spiro atoms. The molecule has 0 saturated heterocycles. The molecule has 3 nitrogen and oxygen atoms in total. The van der Waals surface area contributed by atoms with Gasteiger partial charge in [-0.25, -0.2) is 0 Å². The van der Waals surface area contributed by atoms with Gasteiger partial charge in [0.2, 0.25) is 6.04 Å². The molecule has 0 heterocycles. The smallest absolute Gasteiger partial charge is 0.242 e. The van der Waals surface area contributed by atoms with E-state index in [1.807, 2.05) is 36.4 Å². The molecule has 0 bridgehead atoms. The van der Waals surface area contributed by atoms with Crippen molar-refractivity contribution >= 4 is 10.8 Å². The SMILES string of the molecule is O=[N+]([O-])[C@H]1Cc2cccc3cccc1c23. The Morgan fingerprint density at radius 3 is 2.67 bits per heavy atom. The van der Waals surface area contributed by atoms with Gasteiger partial charge in [-0.1, -0.05) is 36.4 Å². The van der Waals surface area contributed by atoms with Crippen molar-refractivity contribution in [3.63, 3.8) is 0 Å². The van der Waals surface area contributed by atoms with Crippen LogP contribution in [0.2, 0.25) is 0 Å². The lowest BCUT2D eigenvalue weighted by Crippen LogP contribution is -2.08. The average Bonchev–Trinajstić information content (AvgIpc) is 2.61. The van der Waals surface area contributed by atoms with Crippen LogP contribution in [0.4, 0.5) is 0 Å². The third kappa shape index (κ3) is 1.06. The molecule has 15 heavy (non-hydrogen) atoms. The summed E-state index contributed by atoms with van der Waals surface area (Å²) in [5, 5.41) is 13.1. The van der Waals surface area contributed by atoms with Crippen LogP contribution in [0.5, 0.6) is 0 Å². The number of hydrogen-bond acceptors (Lipinski definition) is 2. The fraction of sp³-hybridized carbons (Fsp3) is 0.167. The van der Waals surface area contributed by atoms with E-state index in [9.17, 15) is 10.1 Å². The maximum atomic E-state index is 10.9. The van der Waals surface area contributed by atoms with Crippen LogP contribution in [0.25, 0.3) is 10.8 Å². The fourth-order valence-electron chi connectivity index (χ4n) is 2.40. The number of benzene rings is 2. The molecular formula is C12H9NO2. The zero-order valence-corrected chi connectivity index (χ0v) is 8.01. The van der Waals surface area contributed by atoms with Gasteiger partial charge in [0.05, 0.1) is 0 Å². The summed E-state index contributed by atoms with van der Waals surface area (Å²) in [6.07, 6.45) is 0.531. The zero-order chi connectivity index (χ0) is 10.4. The molecule has 74 valence electrons. The summed E-state index contributed by atoms with van der Waals surface area (Å²) in [5.74, 6) is 0. The van der Waals surface area contributed by atoms with Gasteiger partial charge in [0, 0.05) is 16.9 Å². The number of nitro groups is 1. The predicted octanol–water partition coefficient (Wildman–Crippen LogP) is 2.71. The van der Waals surface area contributed by atoms with Crippen LogP contribution in [0.1, 0.15) is 17.2 Å². The highest BCUT2D eigenvalue weighted by atomic mass is 16.6. The standard InChI is InChI=1S/C12H9NO2/c14-13(15)11-7-9-5-1-3-8-4-2-6-10(11)12(8)9/h1-6,11H,7H2/t11-/m0/s1. The highest BCUT2D eigenvalue weighted by molar-refractivity contribution is 5.91. The lowest BCUT2D eigenvalue weighted by atomic mass is 10.1. The van der Waals surface area contributed by atoms with Crippen LogP contribution in [0, 0.1) is 10.1 Å². The van der Waals surface area contributed by atoms with Gasteiger partial charge < -0.3 is 0 Å². The van der Waals surface area contributed by atoms with Gasteiger partial charge in [-0.05, 0) is 16.3 Å². The lowest BCUT2D eigenvalue weighted by Gasteiger charge is -2.02. The molecule has 0 N–H and O–H groups in total. The largest absolute Gasteiger partial charge is 0.264 e. The average molecular weight is 199 g/mol. The van der Waals surface area contributed by atoms with E-state index in [1.54, 1.807) is 0 Å². The molecule has 0 saturated carbocycles.